The Morgan fingerprint density at radius 1 is 0.513 bits per heavy atom. The Morgan fingerprint density at radius 3 is 1.38 bits per heavy atom. The molecule has 0 aromatic carbocycles. The van der Waals surface area contributed by atoms with Crippen molar-refractivity contribution in [3.63, 3.8) is 0 Å². The first-order valence-electron chi connectivity index (χ1n) is 11.6. The van der Waals surface area contributed by atoms with Crippen molar-refractivity contribution in [3.05, 3.63) is 0 Å². The van der Waals surface area contributed by atoms with Crippen molar-refractivity contribution in [2.75, 3.05) is 76.2 Å². The molecule has 0 aromatic rings. The van der Waals surface area contributed by atoms with E-state index in [-0.39, 0.29) is 27.2 Å². The maximum atomic E-state index is 12.1. The molecule has 0 bridgehead atoms. The Morgan fingerprint density at radius 2 is 0.923 bits per heavy atom. The van der Waals surface area contributed by atoms with Crippen molar-refractivity contribution >= 4 is 156 Å². The van der Waals surface area contributed by atoms with Gasteiger partial charge in [-0.25, -0.2) is 0 Å². The molecule has 2 N–H and O–H groups in total. The van der Waals surface area contributed by atoms with Crippen molar-refractivity contribution in [2.45, 2.75) is 25.7 Å². The van der Waals surface area contributed by atoms with Crippen molar-refractivity contribution in [1.82, 2.24) is 0 Å². The van der Waals surface area contributed by atoms with Crippen LogP contribution in [0.3, 0.4) is 0 Å². The molecule has 0 fully saturated rings. The molecule has 0 aromatic heterocycles. The lowest BCUT2D eigenvalue weighted by Gasteiger charge is -2.04. The summed E-state index contributed by atoms with van der Waals surface area (Å²) in [5, 5.41) is 23.2. The number of rotatable bonds is 29. The quantitative estimate of drug-likeness (QED) is 0.0634. The molecule has 1 unspecified atom stereocenters. The summed E-state index contributed by atoms with van der Waals surface area (Å²) < 4.78 is 12.1. The van der Waals surface area contributed by atoms with Gasteiger partial charge in [0.25, 0.3) is 0 Å². The lowest BCUT2D eigenvalue weighted by atomic mass is 10.5. The summed E-state index contributed by atoms with van der Waals surface area (Å²) in [5.74, 6) is 4.21. The first-order valence-corrected chi connectivity index (χ1v) is 25.3. The van der Waals surface area contributed by atoms with Crippen molar-refractivity contribution in [2.24, 2.45) is 0 Å². The van der Waals surface area contributed by atoms with Gasteiger partial charge in [-0.1, -0.05) is 35.3 Å². The molecule has 230 valence electrons. The van der Waals surface area contributed by atoms with Gasteiger partial charge in [-0.15, -0.1) is 47.0 Å². The average molecular weight is 771 g/mol. The highest BCUT2D eigenvalue weighted by atomic mass is 32.3. The number of aliphatic hydroxyl groups is 2. The van der Waals surface area contributed by atoms with Gasteiger partial charge < -0.3 is 10.2 Å². The SMILES string of the molecule is O=C(CCSCSCCCS(=O)CSCSCSC(=O)CCSCSCCC(=O)SCSCO)SCSCO. The van der Waals surface area contributed by atoms with Gasteiger partial charge in [-0.3, -0.25) is 18.6 Å². The first-order chi connectivity index (χ1) is 19.0. The highest BCUT2D eigenvalue weighted by Gasteiger charge is 2.06. The normalized spacial score (nSPS) is 12.1. The number of carbonyl (C=O) groups is 3. The van der Waals surface area contributed by atoms with E-state index in [9.17, 15) is 18.6 Å². The summed E-state index contributed by atoms with van der Waals surface area (Å²) in [6.07, 6.45) is 2.58. The molecule has 39 heavy (non-hydrogen) atoms. The van der Waals surface area contributed by atoms with Crippen LogP contribution in [0.5, 0.6) is 0 Å². The smallest absolute Gasteiger partial charge is 0.190 e. The molecule has 0 aliphatic carbocycles. The van der Waals surface area contributed by atoms with Gasteiger partial charge in [0.15, 0.2) is 15.3 Å². The molecule has 0 saturated heterocycles. The van der Waals surface area contributed by atoms with Crippen LogP contribution in [0, 0.1) is 0 Å². The second kappa shape index (κ2) is 33.8. The van der Waals surface area contributed by atoms with Gasteiger partial charge in [0.2, 0.25) is 0 Å². The van der Waals surface area contributed by atoms with Gasteiger partial charge in [0.1, 0.15) is 0 Å². The maximum absolute atomic E-state index is 12.1. The fourth-order valence-electron chi connectivity index (χ4n) is 2.03. The Bertz CT molecular complexity index is 647. The van der Waals surface area contributed by atoms with E-state index in [0.29, 0.717) is 34.5 Å². The zero-order valence-electron chi connectivity index (χ0n) is 21.7. The van der Waals surface area contributed by atoms with Gasteiger partial charge in [0.05, 0.1) is 17.0 Å². The average Bonchev–Trinajstić information content (AvgIpc) is 2.91. The van der Waals surface area contributed by atoms with Gasteiger partial charge in [-0.05, 0) is 12.2 Å². The number of hydrogen-bond acceptors (Lipinski definition) is 17. The lowest BCUT2D eigenvalue weighted by molar-refractivity contribution is -0.111. The maximum Gasteiger partial charge on any atom is 0.190 e. The Labute approximate surface area is 283 Å². The van der Waals surface area contributed by atoms with Crippen LogP contribution in [-0.2, 0) is 25.2 Å². The largest absolute Gasteiger partial charge is 0.386 e. The Kier molecular flexibility index (Phi) is 36.4. The third-order valence-electron chi connectivity index (χ3n) is 3.82. The van der Waals surface area contributed by atoms with Crippen LogP contribution in [0.25, 0.3) is 0 Å². The predicted molar refractivity (Wildman–Crippen MR) is 198 cm³/mol. The highest BCUT2D eigenvalue weighted by molar-refractivity contribution is 8.28. The molecule has 6 nitrogen and oxygen atoms in total. The van der Waals surface area contributed by atoms with Crippen LogP contribution in [0.2, 0.25) is 0 Å². The van der Waals surface area contributed by atoms with E-state index >= 15 is 0 Å². The summed E-state index contributed by atoms with van der Waals surface area (Å²) in [6.45, 7) is 0. The van der Waals surface area contributed by atoms with Gasteiger partial charge in [-0.2, -0.15) is 47.0 Å². The van der Waals surface area contributed by atoms with Crippen molar-refractivity contribution < 1.29 is 28.8 Å². The van der Waals surface area contributed by atoms with Crippen molar-refractivity contribution in [1.29, 1.82) is 0 Å². The van der Waals surface area contributed by atoms with E-state index in [1.807, 2.05) is 11.8 Å². The molecule has 0 radical (unpaired) electrons. The summed E-state index contributed by atoms with van der Waals surface area (Å²) in [5.41, 5.74) is 0. The molecular weight excluding hydrogens is 733 g/mol. The van der Waals surface area contributed by atoms with Crippen LogP contribution >= 0.6 is 129 Å². The fourth-order valence-corrected chi connectivity index (χ4v) is 14.6. The van der Waals surface area contributed by atoms with E-state index in [0.717, 1.165) is 55.5 Å². The first kappa shape index (κ1) is 41.9. The lowest BCUT2D eigenvalue weighted by Crippen LogP contribution is -2.01. The highest BCUT2D eigenvalue weighted by Crippen LogP contribution is 2.23. The molecular formula is C21H38O6S12. The van der Waals surface area contributed by atoms with Crippen LogP contribution in [0.4, 0.5) is 0 Å². The molecule has 1 atom stereocenters. The third kappa shape index (κ3) is 33.7. The van der Waals surface area contributed by atoms with Gasteiger partial charge >= 0.3 is 0 Å². The molecule has 0 heterocycles. The standard InChI is InChI=1S/C21H38O6S12/c22-10-32-15-36-19(24)2-6-29-12-28-5-1-9-39(27)18-35-14-34-17-38-21(26)4-8-31-13-30-7-3-20(25)37-16-33-11-23/h22-23H,1-18H2. The molecule has 0 spiro atoms. The number of hydrogen-bond donors (Lipinski definition) is 2. The summed E-state index contributed by atoms with van der Waals surface area (Å²) in [7, 11) is -0.813. The molecule has 0 aliphatic rings. The van der Waals surface area contributed by atoms with E-state index in [1.165, 1.54) is 58.8 Å². The number of carbonyl (C=O) groups excluding carboxylic acids is 3. The minimum absolute atomic E-state index is 0.0460. The fraction of sp³-hybridized carbons (Fsp3) is 0.857. The molecule has 18 heteroatoms. The predicted octanol–water partition coefficient (Wildman–Crippen LogP) is 6.54. The van der Waals surface area contributed by atoms with E-state index in [1.54, 1.807) is 58.8 Å². The monoisotopic (exact) mass is 770 g/mol. The Hall–Kier alpha value is 2.93. The van der Waals surface area contributed by atoms with E-state index in [4.69, 9.17) is 10.2 Å². The second-order valence-corrected chi connectivity index (χ2v) is 22.4. The van der Waals surface area contributed by atoms with E-state index < -0.39 is 10.8 Å². The van der Waals surface area contributed by atoms with Crippen LogP contribution in [0.1, 0.15) is 25.7 Å². The summed E-state index contributed by atoms with van der Waals surface area (Å²) >= 11 is 17.0. The van der Waals surface area contributed by atoms with Crippen LogP contribution < -0.4 is 0 Å². The third-order valence-corrected chi connectivity index (χ3v) is 17.7. The summed E-state index contributed by atoms with van der Waals surface area (Å²) in [4.78, 5) is 35.2. The van der Waals surface area contributed by atoms with E-state index in [2.05, 4.69) is 0 Å². The molecule has 0 aliphatic heterocycles. The second-order valence-electron chi connectivity index (χ2n) is 6.83. The minimum atomic E-state index is -0.813. The summed E-state index contributed by atoms with van der Waals surface area (Å²) in [6, 6.07) is 0. The topological polar surface area (TPSA) is 109 Å². The van der Waals surface area contributed by atoms with Crippen LogP contribution in [-0.4, -0.2) is 106 Å². The van der Waals surface area contributed by atoms with Crippen LogP contribution in [0.15, 0.2) is 0 Å². The number of thioether (sulfide) groups is 11. The van der Waals surface area contributed by atoms with Gasteiger partial charge in [0, 0.05) is 83.6 Å². The molecule has 0 amide bonds. The number of aliphatic hydroxyl groups excluding tert-OH is 2. The molecule has 0 rings (SSSR count). The van der Waals surface area contributed by atoms with Crippen molar-refractivity contribution in [3.8, 4) is 0 Å². The minimum Gasteiger partial charge on any atom is -0.386 e. The zero-order chi connectivity index (χ0) is 28.8. The Balaban J connectivity index is 3.37. The molecule has 0 saturated carbocycles. The zero-order valence-corrected chi connectivity index (χ0v) is 31.5.